The van der Waals surface area contributed by atoms with Gasteiger partial charge >= 0.3 is 5.69 Å². The second-order valence-electron chi connectivity index (χ2n) is 2.80. The van der Waals surface area contributed by atoms with E-state index in [1.165, 1.54) is 10.8 Å². The zero-order valence-corrected chi connectivity index (χ0v) is 7.65. The lowest BCUT2D eigenvalue weighted by Crippen LogP contribution is -2.32. The van der Waals surface area contributed by atoms with Crippen molar-refractivity contribution in [3.63, 3.8) is 0 Å². The van der Waals surface area contributed by atoms with Crippen molar-refractivity contribution in [1.29, 1.82) is 5.26 Å². The SMILES string of the molecule is C=CC(C)n1cc(C#N)c(=O)[nH]c1=O. The van der Waals surface area contributed by atoms with E-state index >= 15 is 0 Å². The number of H-pyrrole nitrogens is 1. The Morgan fingerprint density at radius 2 is 2.36 bits per heavy atom. The van der Waals surface area contributed by atoms with Crippen LogP contribution >= 0.6 is 0 Å². The molecule has 1 atom stereocenters. The smallest absolute Gasteiger partial charge is 0.293 e. The molecular weight excluding hydrogens is 182 g/mol. The average Bonchev–Trinajstić information content (AvgIpc) is 2.17. The highest BCUT2D eigenvalue weighted by Crippen LogP contribution is 2.01. The molecule has 0 aliphatic carbocycles. The van der Waals surface area contributed by atoms with E-state index in [1.807, 2.05) is 0 Å². The molecule has 1 unspecified atom stereocenters. The molecule has 1 heterocycles. The first-order chi connectivity index (χ1) is 6.60. The molecule has 0 radical (unpaired) electrons. The summed E-state index contributed by atoms with van der Waals surface area (Å²) < 4.78 is 1.24. The molecule has 0 saturated carbocycles. The number of hydrogen-bond acceptors (Lipinski definition) is 3. The van der Waals surface area contributed by atoms with Crippen LogP contribution in [0, 0.1) is 11.3 Å². The van der Waals surface area contributed by atoms with Gasteiger partial charge in [-0.2, -0.15) is 5.26 Å². The van der Waals surface area contributed by atoms with Crippen LogP contribution in [0.2, 0.25) is 0 Å². The molecule has 0 spiro atoms. The summed E-state index contributed by atoms with van der Waals surface area (Å²) in [5.41, 5.74) is -1.29. The maximum Gasteiger partial charge on any atom is 0.328 e. The molecule has 0 saturated heterocycles. The number of aromatic nitrogens is 2. The second kappa shape index (κ2) is 3.75. The molecule has 0 fully saturated rings. The van der Waals surface area contributed by atoms with Crippen LogP contribution < -0.4 is 11.2 Å². The third-order valence-corrected chi connectivity index (χ3v) is 1.87. The fourth-order valence-corrected chi connectivity index (χ4v) is 0.981. The van der Waals surface area contributed by atoms with Crippen LogP contribution in [0.5, 0.6) is 0 Å². The van der Waals surface area contributed by atoms with Crippen LogP contribution in [-0.2, 0) is 0 Å². The Kier molecular flexibility index (Phi) is 2.67. The monoisotopic (exact) mass is 191 g/mol. The van der Waals surface area contributed by atoms with Crippen molar-refractivity contribution in [3.8, 4) is 6.07 Å². The molecule has 0 bridgehead atoms. The van der Waals surface area contributed by atoms with Crippen molar-refractivity contribution in [3.05, 3.63) is 45.3 Å². The minimum atomic E-state index is -0.662. The summed E-state index contributed by atoms with van der Waals surface area (Å²) in [6.07, 6.45) is 2.77. The second-order valence-corrected chi connectivity index (χ2v) is 2.80. The standard InChI is InChI=1S/C9H9N3O2/c1-3-6(2)12-5-7(4-10)8(13)11-9(12)14/h3,5-6H,1H2,2H3,(H,11,13,14). The lowest BCUT2D eigenvalue weighted by molar-refractivity contribution is 0.611. The Bertz CT molecular complexity index is 504. The molecule has 0 aromatic carbocycles. The number of nitrogens with zero attached hydrogens (tertiary/aromatic N) is 2. The Hall–Kier alpha value is -2.09. The Morgan fingerprint density at radius 3 is 2.86 bits per heavy atom. The maximum absolute atomic E-state index is 11.3. The molecule has 1 rings (SSSR count). The largest absolute Gasteiger partial charge is 0.328 e. The van der Waals surface area contributed by atoms with Gasteiger partial charge in [0.15, 0.2) is 0 Å². The van der Waals surface area contributed by atoms with Crippen molar-refractivity contribution in [2.75, 3.05) is 0 Å². The molecule has 1 N–H and O–H groups in total. The molecule has 0 aliphatic rings. The first-order valence-corrected chi connectivity index (χ1v) is 3.98. The number of allylic oxidation sites excluding steroid dienone is 1. The van der Waals surface area contributed by atoms with Gasteiger partial charge < -0.3 is 0 Å². The van der Waals surface area contributed by atoms with Crippen LogP contribution in [0.1, 0.15) is 18.5 Å². The number of nitriles is 1. The topological polar surface area (TPSA) is 78.7 Å². The first kappa shape index (κ1) is 9.99. The van der Waals surface area contributed by atoms with Crippen molar-refractivity contribution < 1.29 is 0 Å². The van der Waals surface area contributed by atoms with Gasteiger partial charge in [-0.15, -0.1) is 6.58 Å². The molecule has 5 heteroatoms. The molecule has 14 heavy (non-hydrogen) atoms. The summed E-state index contributed by atoms with van der Waals surface area (Å²) in [7, 11) is 0. The fourth-order valence-electron chi connectivity index (χ4n) is 0.981. The van der Waals surface area contributed by atoms with Gasteiger partial charge in [0.1, 0.15) is 11.6 Å². The van der Waals surface area contributed by atoms with Crippen LogP contribution in [-0.4, -0.2) is 9.55 Å². The normalized spacial score (nSPS) is 11.7. The number of aromatic amines is 1. The summed E-state index contributed by atoms with van der Waals surface area (Å²) in [5, 5.41) is 8.58. The van der Waals surface area contributed by atoms with Gasteiger partial charge in [0.05, 0.1) is 6.04 Å². The molecular formula is C9H9N3O2. The maximum atomic E-state index is 11.3. The zero-order valence-electron chi connectivity index (χ0n) is 7.65. The van der Waals surface area contributed by atoms with E-state index in [-0.39, 0.29) is 11.6 Å². The lowest BCUT2D eigenvalue weighted by atomic mass is 10.3. The minimum absolute atomic E-state index is 0.0849. The predicted molar refractivity (Wildman–Crippen MR) is 50.9 cm³/mol. The van der Waals surface area contributed by atoms with Crippen molar-refractivity contribution in [2.45, 2.75) is 13.0 Å². The van der Waals surface area contributed by atoms with Crippen LogP contribution in [0.4, 0.5) is 0 Å². The van der Waals surface area contributed by atoms with Crippen molar-refractivity contribution in [1.82, 2.24) is 9.55 Å². The van der Waals surface area contributed by atoms with Gasteiger partial charge in [-0.05, 0) is 6.92 Å². The predicted octanol–water partition coefficient (Wildman–Crippen LogP) is 0.155. The quantitative estimate of drug-likeness (QED) is 0.676. The van der Waals surface area contributed by atoms with E-state index in [0.717, 1.165) is 0 Å². The van der Waals surface area contributed by atoms with E-state index in [0.29, 0.717) is 0 Å². The Labute approximate surface area is 79.9 Å². The highest BCUT2D eigenvalue weighted by atomic mass is 16.2. The number of rotatable bonds is 2. The number of nitrogens with one attached hydrogen (secondary N) is 1. The van der Waals surface area contributed by atoms with E-state index < -0.39 is 11.2 Å². The minimum Gasteiger partial charge on any atom is -0.293 e. The van der Waals surface area contributed by atoms with Gasteiger partial charge in [-0.3, -0.25) is 14.3 Å². The zero-order chi connectivity index (χ0) is 10.7. The van der Waals surface area contributed by atoms with Crippen molar-refractivity contribution >= 4 is 0 Å². The summed E-state index contributed by atoms with van der Waals surface area (Å²) in [4.78, 5) is 24.3. The van der Waals surface area contributed by atoms with Gasteiger partial charge in [0, 0.05) is 6.20 Å². The highest BCUT2D eigenvalue weighted by Gasteiger charge is 2.06. The summed E-state index contributed by atoms with van der Waals surface area (Å²) in [6, 6.07) is 1.45. The van der Waals surface area contributed by atoms with E-state index in [4.69, 9.17) is 5.26 Å². The van der Waals surface area contributed by atoms with E-state index in [9.17, 15) is 9.59 Å². The Morgan fingerprint density at radius 1 is 1.71 bits per heavy atom. The molecule has 5 nitrogen and oxygen atoms in total. The highest BCUT2D eigenvalue weighted by molar-refractivity contribution is 5.22. The van der Waals surface area contributed by atoms with Gasteiger partial charge in [0.2, 0.25) is 0 Å². The van der Waals surface area contributed by atoms with Gasteiger partial charge in [-0.1, -0.05) is 6.08 Å². The van der Waals surface area contributed by atoms with Crippen LogP contribution in [0.15, 0.2) is 28.4 Å². The lowest BCUT2D eigenvalue weighted by Gasteiger charge is -2.08. The summed E-state index contributed by atoms with van der Waals surface area (Å²) >= 11 is 0. The van der Waals surface area contributed by atoms with E-state index in [1.54, 1.807) is 19.1 Å². The molecule has 72 valence electrons. The third-order valence-electron chi connectivity index (χ3n) is 1.87. The number of hydrogen-bond donors (Lipinski definition) is 1. The van der Waals surface area contributed by atoms with Crippen LogP contribution in [0.3, 0.4) is 0 Å². The van der Waals surface area contributed by atoms with Crippen molar-refractivity contribution in [2.24, 2.45) is 0 Å². The first-order valence-electron chi connectivity index (χ1n) is 3.98. The molecule has 1 aromatic rings. The fraction of sp³-hybridized carbons (Fsp3) is 0.222. The van der Waals surface area contributed by atoms with Crippen LogP contribution in [0.25, 0.3) is 0 Å². The third kappa shape index (κ3) is 1.64. The van der Waals surface area contributed by atoms with E-state index in [2.05, 4.69) is 11.6 Å². The molecule has 1 aromatic heterocycles. The Balaban J connectivity index is 3.48. The molecule has 0 aliphatic heterocycles. The van der Waals surface area contributed by atoms with Gasteiger partial charge in [-0.25, -0.2) is 4.79 Å². The molecule has 0 amide bonds. The summed E-state index contributed by atoms with van der Waals surface area (Å²) in [5.74, 6) is 0. The van der Waals surface area contributed by atoms with Gasteiger partial charge in [0.25, 0.3) is 5.56 Å². The summed E-state index contributed by atoms with van der Waals surface area (Å²) in [6.45, 7) is 5.25. The average molecular weight is 191 g/mol.